The fraction of sp³-hybridized carbons (Fsp3) is 0.167. The molecule has 0 saturated heterocycles. The summed E-state index contributed by atoms with van der Waals surface area (Å²) in [4.78, 5) is 7.80. The molecule has 2 heterocycles. The molecule has 0 saturated carbocycles. The van der Waals surface area contributed by atoms with E-state index >= 15 is 0 Å². The van der Waals surface area contributed by atoms with Crippen LogP contribution >= 0.6 is 27.5 Å². The number of hydrogen-bond donors (Lipinski definition) is 3. The normalized spacial score (nSPS) is 12.5. The first kappa shape index (κ1) is 14.0. The van der Waals surface area contributed by atoms with Crippen LogP contribution in [0.5, 0.6) is 11.5 Å². The molecule has 5 N–H and O–H groups in total. The van der Waals surface area contributed by atoms with Crippen molar-refractivity contribution in [3.63, 3.8) is 0 Å². The predicted octanol–water partition coefficient (Wildman–Crippen LogP) is 2.40. The van der Waals surface area contributed by atoms with Crippen LogP contribution in [-0.2, 0) is 6.54 Å². The van der Waals surface area contributed by atoms with E-state index in [1.54, 1.807) is 0 Å². The summed E-state index contributed by atoms with van der Waals surface area (Å²) in [6.07, 6.45) is 0. The molecule has 3 rings (SSSR count). The molecule has 0 spiro atoms. The van der Waals surface area contributed by atoms with Gasteiger partial charge >= 0.3 is 0 Å². The Hall–Kier alpha value is -1.93. The molecule has 110 valence electrons. The molecular weight excluding hydrogens is 362 g/mol. The Balaban J connectivity index is 1.82. The Bertz CT molecular complexity index is 713. The zero-order valence-electron chi connectivity index (χ0n) is 10.7. The average Bonchev–Trinajstić information content (AvgIpc) is 2.88. The van der Waals surface area contributed by atoms with Gasteiger partial charge in [0.2, 0.25) is 12.7 Å². The second kappa shape index (κ2) is 5.45. The zero-order valence-corrected chi connectivity index (χ0v) is 13.0. The molecule has 0 bridgehead atoms. The van der Waals surface area contributed by atoms with Crippen molar-refractivity contribution < 1.29 is 9.47 Å². The van der Waals surface area contributed by atoms with Gasteiger partial charge in [0.25, 0.3) is 0 Å². The second-order valence-electron chi connectivity index (χ2n) is 4.29. The SMILES string of the molecule is Nc1nc(Cl)c(N)c(NCc2cc3c(cc2Br)OCO3)n1. The molecule has 0 fully saturated rings. The summed E-state index contributed by atoms with van der Waals surface area (Å²) in [5.41, 5.74) is 12.6. The third-order valence-corrected chi connectivity index (χ3v) is 3.93. The van der Waals surface area contributed by atoms with Crippen molar-refractivity contribution in [3.05, 3.63) is 27.3 Å². The maximum Gasteiger partial charge on any atom is 0.231 e. The number of halogens is 2. The highest BCUT2D eigenvalue weighted by molar-refractivity contribution is 9.10. The highest BCUT2D eigenvalue weighted by Crippen LogP contribution is 2.37. The number of nitrogens with zero attached hydrogens (tertiary/aromatic N) is 2. The Morgan fingerprint density at radius 1 is 1.24 bits per heavy atom. The number of hydrogen-bond acceptors (Lipinski definition) is 7. The lowest BCUT2D eigenvalue weighted by Crippen LogP contribution is -2.08. The first-order valence-electron chi connectivity index (χ1n) is 5.95. The number of anilines is 3. The number of nitrogens with one attached hydrogen (secondary N) is 1. The van der Waals surface area contributed by atoms with Crippen molar-refractivity contribution in [2.75, 3.05) is 23.6 Å². The number of ether oxygens (including phenoxy) is 2. The summed E-state index contributed by atoms with van der Waals surface area (Å²) < 4.78 is 11.5. The summed E-state index contributed by atoms with van der Waals surface area (Å²) in [6, 6.07) is 3.73. The van der Waals surface area contributed by atoms with Gasteiger partial charge in [-0.15, -0.1) is 0 Å². The van der Waals surface area contributed by atoms with Crippen LogP contribution in [0, 0.1) is 0 Å². The summed E-state index contributed by atoms with van der Waals surface area (Å²) in [5, 5.41) is 3.20. The summed E-state index contributed by atoms with van der Waals surface area (Å²) in [6.45, 7) is 0.678. The first-order valence-corrected chi connectivity index (χ1v) is 7.12. The van der Waals surface area contributed by atoms with Crippen LogP contribution in [-0.4, -0.2) is 16.8 Å². The molecule has 7 nitrogen and oxygen atoms in total. The van der Waals surface area contributed by atoms with Gasteiger partial charge in [-0.2, -0.15) is 9.97 Å². The van der Waals surface area contributed by atoms with Crippen molar-refractivity contribution in [3.8, 4) is 11.5 Å². The molecule has 0 amide bonds. The minimum absolute atomic E-state index is 0.0569. The van der Waals surface area contributed by atoms with Gasteiger partial charge in [0.1, 0.15) is 5.69 Å². The summed E-state index contributed by atoms with van der Waals surface area (Å²) >= 11 is 9.35. The molecule has 0 atom stereocenters. The lowest BCUT2D eigenvalue weighted by Gasteiger charge is -2.11. The lowest BCUT2D eigenvalue weighted by molar-refractivity contribution is 0.174. The van der Waals surface area contributed by atoms with E-state index in [1.807, 2.05) is 12.1 Å². The van der Waals surface area contributed by atoms with E-state index in [-0.39, 0.29) is 23.6 Å². The number of rotatable bonds is 3. The largest absolute Gasteiger partial charge is 0.454 e. The first-order chi connectivity index (χ1) is 10.0. The maximum absolute atomic E-state index is 5.87. The molecule has 9 heteroatoms. The van der Waals surface area contributed by atoms with Crippen LogP contribution in [0.4, 0.5) is 17.5 Å². The standard InChI is InChI=1S/C12H11BrClN5O2/c13-6-2-8-7(20-4-21-8)1-5(6)3-17-11-9(15)10(14)18-12(16)19-11/h1-2H,3-4,15H2,(H3,16,17,18,19). The van der Waals surface area contributed by atoms with Crippen molar-refractivity contribution in [1.82, 2.24) is 9.97 Å². The van der Waals surface area contributed by atoms with Gasteiger partial charge in [-0.25, -0.2) is 0 Å². The van der Waals surface area contributed by atoms with Crippen LogP contribution < -0.4 is 26.3 Å². The van der Waals surface area contributed by atoms with E-state index in [9.17, 15) is 0 Å². The van der Waals surface area contributed by atoms with E-state index < -0.39 is 0 Å². The van der Waals surface area contributed by atoms with Crippen LogP contribution in [0.2, 0.25) is 5.15 Å². The van der Waals surface area contributed by atoms with Gasteiger partial charge in [0.15, 0.2) is 22.5 Å². The molecule has 21 heavy (non-hydrogen) atoms. The molecule has 2 aromatic rings. The summed E-state index contributed by atoms with van der Waals surface area (Å²) in [7, 11) is 0. The molecular formula is C12H11BrClN5O2. The quantitative estimate of drug-likeness (QED) is 0.710. The van der Waals surface area contributed by atoms with Crippen LogP contribution in [0.3, 0.4) is 0 Å². The van der Waals surface area contributed by atoms with Gasteiger partial charge in [0, 0.05) is 11.0 Å². The summed E-state index contributed by atoms with van der Waals surface area (Å²) in [5.74, 6) is 1.85. The lowest BCUT2D eigenvalue weighted by atomic mass is 10.2. The van der Waals surface area contributed by atoms with Crippen LogP contribution in [0.15, 0.2) is 16.6 Å². The van der Waals surface area contributed by atoms with E-state index in [0.29, 0.717) is 23.9 Å². The zero-order chi connectivity index (χ0) is 15.0. The van der Waals surface area contributed by atoms with Crippen molar-refractivity contribution >= 4 is 45.0 Å². The minimum Gasteiger partial charge on any atom is -0.454 e. The number of benzene rings is 1. The van der Waals surface area contributed by atoms with Gasteiger partial charge in [-0.3, -0.25) is 0 Å². The van der Waals surface area contributed by atoms with Gasteiger partial charge < -0.3 is 26.3 Å². The van der Waals surface area contributed by atoms with E-state index in [0.717, 1.165) is 10.0 Å². The Kier molecular flexibility index (Phi) is 3.64. The predicted molar refractivity (Wildman–Crippen MR) is 83.5 cm³/mol. The molecule has 1 aromatic carbocycles. The third-order valence-electron chi connectivity index (χ3n) is 2.90. The van der Waals surface area contributed by atoms with Gasteiger partial charge in [-0.1, -0.05) is 27.5 Å². The monoisotopic (exact) mass is 371 g/mol. The number of nitrogens with two attached hydrogens (primary N) is 2. The molecule has 1 aromatic heterocycles. The topological polar surface area (TPSA) is 108 Å². The molecule has 1 aliphatic rings. The number of fused-ring (bicyclic) bond motifs is 1. The second-order valence-corrected chi connectivity index (χ2v) is 5.50. The van der Waals surface area contributed by atoms with Crippen LogP contribution in [0.25, 0.3) is 0 Å². The highest BCUT2D eigenvalue weighted by Gasteiger charge is 2.16. The molecule has 1 aliphatic heterocycles. The van der Waals surface area contributed by atoms with E-state index in [4.69, 9.17) is 32.5 Å². The fourth-order valence-electron chi connectivity index (χ4n) is 1.87. The molecule has 0 unspecified atom stereocenters. The third kappa shape index (κ3) is 2.77. The Morgan fingerprint density at radius 3 is 2.71 bits per heavy atom. The van der Waals surface area contributed by atoms with Crippen LogP contribution in [0.1, 0.15) is 5.56 Å². The number of nitrogen functional groups attached to an aromatic ring is 2. The van der Waals surface area contributed by atoms with Crippen molar-refractivity contribution in [1.29, 1.82) is 0 Å². The van der Waals surface area contributed by atoms with E-state index in [1.165, 1.54) is 0 Å². The van der Waals surface area contributed by atoms with Gasteiger partial charge in [0.05, 0.1) is 0 Å². The van der Waals surface area contributed by atoms with Crippen molar-refractivity contribution in [2.24, 2.45) is 0 Å². The van der Waals surface area contributed by atoms with Crippen molar-refractivity contribution in [2.45, 2.75) is 6.54 Å². The molecule has 0 aliphatic carbocycles. The maximum atomic E-state index is 5.87. The van der Waals surface area contributed by atoms with Gasteiger partial charge in [-0.05, 0) is 17.7 Å². The smallest absolute Gasteiger partial charge is 0.231 e. The Labute approximate surface area is 133 Å². The average molecular weight is 373 g/mol. The number of aromatic nitrogens is 2. The molecule has 0 radical (unpaired) electrons. The highest BCUT2D eigenvalue weighted by atomic mass is 79.9. The fourth-order valence-corrected chi connectivity index (χ4v) is 2.51. The van der Waals surface area contributed by atoms with E-state index in [2.05, 4.69) is 31.2 Å². The Morgan fingerprint density at radius 2 is 1.95 bits per heavy atom. The minimum atomic E-state index is 0.0569.